The van der Waals surface area contributed by atoms with E-state index in [0.717, 1.165) is 37.0 Å². The summed E-state index contributed by atoms with van der Waals surface area (Å²) in [4.78, 5) is 11.4. The molecule has 1 aromatic heterocycles. The number of thiazole rings is 1. The Morgan fingerprint density at radius 3 is 2.67 bits per heavy atom. The van der Waals surface area contributed by atoms with Crippen LogP contribution in [0, 0.1) is 5.92 Å². The zero-order valence-electron chi connectivity index (χ0n) is 13.7. The van der Waals surface area contributed by atoms with Gasteiger partial charge in [-0.2, -0.15) is 0 Å². The summed E-state index contributed by atoms with van der Waals surface area (Å²) in [5.74, 6) is 1.52. The highest BCUT2D eigenvalue weighted by molar-refractivity contribution is 7.09. The van der Waals surface area contributed by atoms with Gasteiger partial charge in [0.2, 0.25) is 0 Å². The maximum atomic E-state index is 6.09. The highest BCUT2D eigenvalue weighted by atomic mass is 32.1. The van der Waals surface area contributed by atoms with Crippen LogP contribution in [0.4, 0.5) is 0 Å². The van der Waals surface area contributed by atoms with Crippen molar-refractivity contribution >= 4 is 17.3 Å². The van der Waals surface area contributed by atoms with Crippen molar-refractivity contribution in [1.82, 2.24) is 9.88 Å². The van der Waals surface area contributed by atoms with Crippen LogP contribution in [0.5, 0.6) is 0 Å². The van der Waals surface area contributed by atoms with Crippen LogP contribution in [-0.2, 0) is 11.8 Å². The second-order valence-corrected chi connectivity index (χ2v) is 7.98. The van der Waals surface area contributed by atoms with Gasteiger partial charge in [0.1, 0.15) is 0 Å². The first-order valence-corrected chi connectivity index (χ1v) is 8.74. The lowest BCUT2D eigenvalue weighted by Gasteiger charge is -2.31. The first-order chi connectivity index (χ1) is 9.86. The van der Waals surface area contributed by atoms with Gasteiger partial charge in [0.15, 0.2) is 5.96 Å². The Kier molecular flexibility index (Phi) is 5.25. The van der Waals surface area contributed by atoms with Gasteiger partial charge in [0, 0.05) is 36.9 Å². The summed E-state index contributed by atoms with van der Waals surface area (Å²) in [6.45, 7) is 11.7. The summed E-state index contributed by atoms with van der Waals surface area (Å²) >= 11 is 1.73. The van der Waals surface area contributed by atoms with E-state index in [1.807, 2.05) is 0 Å². The van der Waals surface area contributed by atoms with Gasteiger partial charge in [-0.05, 0) is 18.8 Å². The lowest BCUT2D eigenvalue weighted by atomic mass is 9.93. The first kappa shape index (κ1) is 16.3. The minimum Gasteiger partial charge on any atom is -0.370 e. The fourth-order valence-corrected chi connectivity index (χ4v) is 3.39. The van der Waals surface area contributed by atoms with Crippen LogP contribution in [0.25, 0.3) is 0 Å². The van der Waals surface area contributed by atoms with E-state index in [4.69, 9.17) is 10.7 Å². The van der Waals surface area contributed by atoms with Crippen molar-refractivity contribution in [3.63, 3.8) is 0 Å². The number of aliphatic imine (C=N–C) groups is 1. The van der Waals surface area contributed by atoms with Crippen LogP contribution in [0.3, 0.4) is 0 Å². The summed E-state index contributed by atoms with van der Waals surface area (Å²) in [5, 5.41) is 3.32. The number of nitrogens with zero attached hydrogens (tertiary/aromatic N) is 3. The molecule has 2 heterocycles. The van der Waals surface area contributed by atoms with Crippen LogP contribution in [0.1, 0.15) is 51.2 Å². The Morgan fingerprint density at radius 1 is 1.43 bits per heavy atom. The third-order valence-electron chi connectivity index (χ3n) is 4.03. The van der Waals surface area contributed by atoms with Gasteiger partial charge in [-0.1, -0.05) is 27.7 Å². The average Bonchev–Trinajstić information content (AvgIpc) is 2.88. The molecule has 1 aliphatic heterocycles. The average molecular weight is 308 g/mol. The molecule has 0 amide bonds. The van der Waals surface area contributed by atoms with Gasteiger partial charge in [-0.15, -0.1) is 11.3 Å². The fraction of sp³-hybridized carbons (Fsp3) is 0.750. The lowest BCUT2D eigenvalue weighted by molar-refractivity contribution is 0.277. The molecule has 118 valence electrons. The van der Waals surface area contributed by atoms with E-state index in [-0.39, 0.29) is 5.41 Å². The molecule has 21 heavy (non-hydrogen) atoms. The number of guanidine groups is 1. The summed E-state index contributed by atoms with van der Waals surface area (Å²) < 4.78 is 0. The van der Waals surface area contributed by atoms with Crippen molar-refractivity contribution in [3.8, 4) is 0 Å². The van der Waals surface area contributed by atoms with E-state index in [9.17, 15) is 0 Å². The first-order valence-electron chi connectivity index (χ1n) is 7.86. The molecule has 0 unspecified atom stereocenters. The van der Waals surface area contributed by atoms with E-state index in [1.54, 1.807) is 11.3 Å². The second kappa shape index (κ2) is 6.77. The topological polar surface area (TPSA) is 54.5 Å². The minimum absolute atomic E-state index is 0.127. The molecule has 5 heteroatoms. The zero-order valence-corrected chi connectivity index (χ0v) is 14.5. The fourth-order valence-electron chi connectivity index (χ4n) is 2.37. The predicted molar refractivity (Wildman–Crippen MR) is 91.0 cm³/mol. The molecule has 0 saturated carbocycles. The molecule has 0 bridgehead atoms. The van der Waals surface area contributed by atoms with E-state index in [0.29, 0.717) is 5.96 Å². The Morgan fingerprint density at radius 2 is 2.10 bits per heavy atom. The van der Waals surface area contributed by atoms with Crippen LogP contribution in [-0.4, -0.2) is 35.5 Å². The molecule has 4 nitrogen and oxygen atoms in total. The van der Waals surface area contributed by atoms with Gasteiger partial charge in [-0.25, -0.2) is 4.98 Å². The molecule has 0 aliphatic carbocycles. The quantitative estimate of drug-likeness (QED) is 0.690. The van der Waals surface area contributed by atoms with Crippen LogP contribution in [0.2, 0.25) is 0 Å². The normalized spacial score (nSPS) is 18.3. The number of rotatable bonds is 3. The monoisotopic (exact) mass is 308 g/mol. The summed E-state index contributed by atoms with van der Waals surface area (Å²) in [5.41, 5.74) is 7.39. The second-order valence-electron chi connectivity index (χ2n) is 7.04. The molecule has 1 aromatic rings. The molecule has 2 rings (SSSR count). The molecule has 2 N–H and O–H groups in total. The van der Waals surface area contributed by atoms with Gasteiger partial charge in [0.25, 0.3) is 0 Å². The predicted octanol–water partition coefficient (Wildman–Crippen LogP) is 3.03. The number of nitrogens with two attached hydrogens (primary N) is 1. The van der Waals surface area contributed by atoms with Crippen molar-refractivity contribution in [2.45, 2.75) is 52.4 Å². The van der Waals surface area contributed by atoms with Crippen LogP contribution < -0.4 is 5.73 Å². The number of aromatic nitrogens is 1. The third-order valence-corrected chi connectivity index (χ3v) is 4.94. The summed E-state index contributed by atoms with van der Waals surface area (Å²) in [6.07, 6.45) is 3.32. The van der Waals surface area contributed by atoms with Crippen molar-refractivity contribution in [1.29, 1.82) is 0 Å². The molecule has 0 spiro atoms. The number of piperidine rings is 1. The molecule has 0 radical (unpaired) electrons. The van der Waals surface area contributed by atoms with Crippen molar-refractivity contribution in [2.75, 3.05) is 19.6 Å². The highest BCUT2D eigenvalue weighted by Crippen LogP contribution is 2.24. The molecular weight excluding hydrogens is 280 g/mol. The minimum atomic E-state index is 0.127. The van der Waals surface area contributed by atoms with E-state index < -0.39 is 0 Å². The summed E-state index contributed by atoms with van der Waals surface area (Å²) in [6, 6.07) is 0. The molecule has 1 fully saturated rings. The number of hydrogen-bond acceptors (Lipinski definition) is 3. The van der Waals surface area contributed by atoms with Crippen LogP contribution >= 0.6 is 11.3 Å². The molecule has 1 saturated heterocycles. The highest BCUT2D eigenvalue weighted by Gasteiger charge is 2.18. The van der Waals surface area contributed by atoms with Crippen molar-refractivity contribution < 1.29 is 0 Å². The Balaban J connectivity index is 1.83. The maximum absolute atomic E-state index is 6.09. The largest absolute Gasteiger partial charge is 0.370 e. The summed E-state index contributed by atoms with van der Waals surface area (Å²) in [7, 11) is 0. The number of likely N-dealkylation sites (tertiary alicyclic amines) is 1. The third kappa shape index (κ3) is 4.70. The Bertz CT molecular complexity index is 479. The van der Waals surface area contributed by atoms with Gasteiger partial charge < -0.3 is 10.6 Å². The maximum Gasteiger partial charge on any atom is 0.191 e. The van der Waals surface area contributed by atoms with Crippen molar-refractivity contribution in [3.05, 3.63) is 16.1 Å². The molecular formula is C16H28N4S. The Labute approximate surface area is 132 Å². The standard InChI is InChI=1S/C16H28N4S/c1-12-6-9-20(10-7-12)15(17)18-8-5-14-19-13(11-21-14)16(2,3)4/h11-12H,5-10H2,1-4H3,(H2,17,18). The Hall–Kier alpha value is -1.10. The van der Waals surface area contributed by atoms with E-state index in [2.05, 4.69) is 43.0 Å². The van der Waals surface area contributed by atoms with Crippen molar-refractivity contribution in [2.24, 2.45) is 16.6 Å². The smallest absolute Gasteiger partial charge is 0.191 e. The van der Waals surface area contributed by atoms with E-state index in [1.165, 1.54) is 18.5 Å². The SMILES string of the molecule is CC1CCN(C(N)=NCCc2nc(C(C)(C)C)cs2)CC1. The molecule has 0 aromatic carbocycles. The van der Waals surface area contributed by atoms with Gasteiger partial charge in [-0.3, -0.25) is 4.99 Å². The van der Waals surface area contributed by atoms with Crippen LogP contribution in [0.15, 0.2) is 10.4 Å². The van der Waals surface area contributed by atoms with E-state index >= 15 is 0 Å². The molecule has 1 aliphatic rings. The molecule has 0 atom stereocenters. The zero-order chi connectivity index (χ0) is 15.5. The van der Waals surface area contributed by atoms with Gasteiger partial charge >= 0.3 is 0 Å². The van der Waals surface area contributed by atoms with Gasteiger partial charge in [0.05, 0.1) is 10.7 Å². The number of hydrogen-bond donors (Lipinski definition) is 1. The lowest BCUT2D eigenvalue weighted by Crippen LogP contribution is -2.42.